The van der Waals surface area contributed by atoms with E-state index in [0.29, 0.717) is 19.3 Å². The first-order chi connectivity index (χ1) is 37.4. The Morgan fingerprint density at radius 2 is 1.12 bits per heavy atom. The molecular formula is C55H102N2O21. The van der Waals surface area contributed by atoms with E-state index in [1.165, 1.54) is 89.9 Å². The lowest BCUT2D eigenvalue weighted by molar-refractivity contribution is -0.386. The number of unbranched alkanes of at least 4 members (excludes halogenated alkanes) is 22. The number of amides is 2. The molecule has 14 N–H and O–H groups in total. The zero-order valence-electron chi connectivity index (χ0n) is 46.8. The number of aliphatic hydroxyl groups excluding tert-OH is 11. The summed E-state index contributed by atoms with van der Waals surface area (Å²) in [5.41, 5.74) is 0. The van der Waals surface area contributed by atoms with Crippen molar-refractivity contribution in [2.24, 2.45) is 0 Å². The van der Waals surface area contributed by atoms with Crippen molar-refractivity contribution in [1.29, 1.82) is 0 Å². The van der Waals surface area contributed by atoms with Gasteiger partial charge >= 0.3 is 5.97 Å². The highest BCUT2D eigenvalue weighted by Gasteiger charge is 2.60. The smallest absolute Gasteiger partial charge is 0.364 e. The number of aliphatic hydroxyl groups is 11. The van der Waals surface area contributed by atoms with Crippen molar-refractivity contribution in [3.05, 3.63) is 0 Å². The first kappa shape index (κ1) is 70.0. The Labute approximate surface area is 461 Å². The average Bonchev–Trinajstić information content (AvgIpc) is 3.49. The maximum absolute atomic E-state index is 13.3. The minimum atomic E-state index is -3.07. The number of hydrogen-bond donors (Lipinski definition) is 14. The number of nitrogens with one attached hydrogen (secondary N) is 2. The van der Waals surface area contributed by atoms with E-state index in [4.69, 9.17) is 28.4 Å². The molecule has 3 aliphatic rings. The molecule has 3 heterocycles. The van der Waals surface area contributed by atoms with Gasteiger partial charge in [0.15, 0.2) is 12.6 Å². The topological polar surface area (TPSA) is 373 Å². The number of hydrogen-bond acceptors (Lipinski definition) is 20. The highest BCUT2D eigenvalue weighted by Crippen LogP contribution is 2.38. The third kappa shape index (κ3) is 23.2. The molecule has 0 saturated carbocycles. The Hall–Kier alpha value is -2.27. The Balaban J connectivity index is 1.68. The molecule has 0 spiro atoms. The summed E-state index contributed by atoms with van der Waals surface area (Å²) < 4.78 is 34.7. The summed E-state index contributed by atoms with van der Waals surface area (Å²) in [6.07, 6.45) is -1.39. The fourth-order valence-electron chi connectivity index (χ4n) is 10.5. The van der Waals surface area contributed by atoms with Crippen LogP contribution in [0.3, 0.4) is 0 Å². The Morgan fingerprint density at radius 3 is 1.60 bits per heavy atom. The van der Waals surface area contributed by atoms with Crippen molar-refractivity contribution in [1.82, 2.24) is 10.6 Å². The summed E-state index contributed by atoms with van der Waals surface area (Å²) in [7, 11) is 0. The summed E-state index contributed by atoms with van der Waals surface area (Å²) in [5, 5.41) is 135. The van der Waals surface area contributed by atoms with Crippen LogP contribution in [0.4, 0.5) is 0 Å². The Kier molecular flexibility index (Phi) is 34.5. The number of ether oxygens (including phenoxy) is 6. The SMILES string of the molecule is CCCCCCCCCCCCCCC[C@@H](O)[C@H](CO[C@@H]1O[C@H](CO)[C@@H](O[C@@H]2O[C@H](CO)[C@H](O)[C@H](O[C@]3(C(=O)O)C[C@H](O)[C@@H](NC(C)=O)C([C@H](O)[C@H](O)CO)O3)[C@H]2O)[C@H](O)[C@H]1O)NC(=O)CCCCCCCCCCCCC. The Morgan fingerprint density at radius 1 is 0.615 bits per heavy atom. The number of carboxylic acids is 1. The normalized spacial score (nSPS) is 31.1. The van der Waals surface area contributed by atoms with Crippen LogP contribution in [0.15, 0.2) is 0 Å². The van der Waals surface area contributed by atoms with Gasteiger partial charge in [-0.25, -0.2) is 4.79 Å². The lowest BCUT2D eigenvalue weighted by Gasteiger charge is -2.50. The second kappa shape index (κ2) is 38.5. The maximum Gasteiger partial charge on any atom is 0.364 e. The molecule has 0 aliphatic carbocycles. The van der Waals surface area contributed by atoms with Crippen LogP contribution in [0.2, 0.25) is 0 Å². The van der Waals surface area contributed by atoms with Gasteiger partial charge in [-0.3, -0.25) is 9.59 Å². The van der Waals surface area contributed by atoms with Crippen LogP contribution >= 0.6 is 0 Å². The summed E-state index contributed by atoms with van der Waals surface area (Å²) in [6.45, 7) is 2.14. The van der Waals surface area contributed by atoms with Crippen LogP contribution < -0.4 is 10.6 Å². The summed E-state index contributed by atoms with van der Waals surface area (Å²) in [5.74, 6) is -6.10. The van der Waals surface area contributed by atoms with E-state index in [2.05, 4.69) is 24.5 Å². The molecule has 18 atom stereocenters. The van der Waals surface area contributed by atoms with Gasteiger partial charge in [0.25, 0.3) is 5.79 Å². The van der Waals surface area contributed by atoms with E-state index in [1.807, 2.05) is 0 Å². The van der Waals surface area contributed by atoms with Gasteiger partial charge in [0.1, 0.15) is 67.1 Å². The van der Waals surface area contributed by atoms with Gasteiger partial charge < -0.3 is 100 Å². The van der Waals surface area contributed by atoms with Gasteiger partial charge in [0, 0.05) is 19.8 Å². The lowest BCUT2D eigenvalue weighted by atomic mass is 9.88. The molecule has 458 valence electrons. The molecule has 0 aromatic carbocycles. The van der Waals surface area contributed by atoms with Gasteiger partial charge in [-0.05, 0) is 12.8 Å². The van der Waals surface area contributed by atoms with Crippen molar-refractivity contribution < 1.29 is 104 Å². The fourth-order valence-corrected chi connectivity index (χ4v) is 10.5. The number of carbonyl (C=O) groups is 3. The molecule has 0 bridgehead atoms. The minimum Gasteiger partial charge on any atom is -0.477 e. The van der Waals surface area contributed by atoms with Crippen molar-refractivity contribution >= 4 is 17.8 Å². The number of carboxylic acid groups (broad SMARTS) is 1. The maximum atomic E-state index is 13.3. The molecule has 78 heavy (non-hydrogen) atoms. The number of carbonyl (C=O) groups excluding carboxylic acids is 2. The third-order valence-electron chi connectivity index (χ3n) is 15.3. The molecule has 3 rings (SSSR count). The van der Waals surface area contributed by atoms with E-state index in [9.17, 15) is 75.7 Å². The lowest BCUT2D eigenvalue weighted by Crippen LogP contribution is -2.70. The monoisotopic (exact) mass is 1130 g/mol. The highest BCUT2D eigenvalue weighted by molar-refractivity contribution is 5.77. The first-order valence-corrected chi connectivity index (χ1v) is 29.4. The minimum absolute atomic E-state index is 0.227. The van der Waals surface area contributed by atoms with E-state index in [1.54, 1.807) is 0 Å². The fraction of sp³-hybridized carbons (Fsp3) is 0.945. The van der Waals surface area contributed by atoms with Crippen LogP contribution in [-0.2, 0) is 42.8 Å². The summed E-state index contributed by atoms with van der Waals surface area (Å²) >= 11 is 0. The molecule has 23 nitrogen and oxygen atoms in total. The predicted octanol–water partition coefficient (Wildman–Crippen LogP) is 1.83. The largest absolute Gasteiger partial charge is 0.477 e. The van der Waals surface area contributed by atoms with Gasteiger partial charge in [0.2, 0.25) is 11.8 Å². The second-order valence-electron chi connectivity index (χ2n) is 21.9. The molecule has 0 aromatic rings. The van der Waals surface area contributed by atoms with E-state index >= 15 is 0 Å². The molecule has 3 saturated heterocycles. The van der Waals surface area contributed by atoms with Crippen molar-refractivity contribution in [2.75, 3.05) is 26.4 Å². The summed E-state index contributed by atoms with van der Waals surface area (Å²) in [6, 6.07) is -2.52. The number of aliphatic carboxylic acids is 1. The van der Waals surface area contributed by atoms with Crippen LogP contribution in [0.25, 0.3) is 0 Å². The van der Waals surface area contributed by atoms with Crippen molar-refractivity contribution in [3.8, 4) is 0 Å². The molecule has 0 radical (unpaired) electrons. The van der Waals surface area contributed by atoms with Gasteiger partial charge in [0.05, 0.1) is 50.7 Å². The molecule has 3 fully saturated rings. The zero-order chi connectivity index (χ0) is 57.6. The standard InChI is InChI=1S/C55H102N2O21/c1-4-6-8-10-12-14-16-17-19-20-22-24-26-28-37(62)36(57-42(65)29-27-25-23-21-18-15-13-11-9-7-5-2)34-73-52-47(69)46(68)49(41(33-60)75-52)76-53-48(70)51(45(67)40(32-59)74-53)78-55(54(71)72)30-38(63)43(56-35(3)61)50(77-55)44(66)39(64)31-58/h36-41,43-53,58-60,62-64,66-70H,4-34H2,1-3H3,(H,56,61)(H,57,65)(H,71,72)/t36-,37+,38-,39+,40+,41+,43+,44+,45-,46+,47+,48+,49+,50?,51-,52+,53-,55-/m0/s1. The third-order valence-corrected chi connectivity index (χ3v) is 15.3. The zero-order valence-corrected chi connectivity index (χ0v) is 46.8. The molecular weight excluding hydrogens is 1020 g/mol. The van der Waals surface area contributed by atoms with Gasteiger partial charge in [-0.1, -0.05) is 162 Å². The second-order valence-corrected chi connectivity index (χ2v) is 21.9. The highest BCUT2D eigenvalue weighted by atomic mass is 16.8. The van der Waals surface area contributed by atoms with Gasteiger partial charge in [-0.15, -0.1) is 0 Å². The van der Waals surface area contributed by atoms with Crippen LogP contribution in [0.1, 0.15) is 194 Å². The van der Waals surface area contributed by atoms with E-state index in [-0.39, 0.29) is 18.9 Å². The van der Waals surface area contributed by atoms with Crippen molar-refractivity contribution in [2.45, 2.75) is 304 Å². The van der Waals surface area contributed by atoms with Gasteiger partial charge in [-0.2, -0.15) is 0 Å². The average molecular weight is 1130 g/mol. The summed E-state index contributed by atoms with van der Waals surface area (Å²) in [4.78, 5) is 38.3. The Bertz CT molecular complexity index is 1620. The van der Waals surface area contributed by atoms with Crippen LogP contribution in [0.5, 0.6) is 0 Å². The first-order valence-electron chi connectivity index (χ1n) is 29.4. The van der Waals surface area contributed by atoms with Crippen molar-refractivity contribution in [3.63, 3.8) is 0 Å². The van der Waals surface area contributed by atoms with Crippen LogP contribution in [0, 0.1) is 0 Å². The predicted molar refractivity (Wildman–Crippen MR) is 283 cm³/mol. The molecule has 0 aromatic heterocycles. The van der Waals surface area contributed by atoms with E-state index < -0.39 is 148 Å². The molecule has 2 amide bonds. The molecule has 23 heteroatoms. The van der Waals surface area contributed by atoms with E-state index in [0.717, 1.165) is 58.3 Å². The number of rotatable bonds is 42. The molecule has 3 aliphatic heterocycles. The van der Waals surface area contributed by atoms with Crippen LogP contribution in [-0.4, -0.2) is 215 Å². The molecule has 1 unspecified atom stereocenters. The quantitative estimate of drug-likeness (QED) is 0.0388.